The van der Waals surface area contributed by atoms with Gasteiger partial charge in [-0.3, -0.25) is 0 Å². The molecular formula is C57H35N3O. The summed E-state index contributed by atoms with van der Waals surface area (Å²) < 4.78 is 6.54. The number of para-hydroxylation sites is 2. The van der Waals surface area contributed by atoms with Gasteiger partial charge < -0.3 is 4.42 Å². The highest BCUT2D eigenvalue weighted by atomic mass is 16.3. The summed E-state index contributed by atoms with van der Waals surface area (Å²) in [5, 5.41) is 9.01. The van der Waals surface area contributed by atoms with Crippen molar-refractivity contribution >= 4 is 54.3 Å². The Balaban J connectivity index is 1.03. The van der Waals surface area contributed by atoms with Crippen LogP contribution in [-0.2, 0) is 0 Å². The molecule has 0 fully saturated rings. The molecule has 12 aromatic rings. The van der Waals surface area contributed by atoms with Crippen LogP contribution in [0.1, 0.15) is 0 Å². The number of furan rings is 1. The quantitative estimate of drug-likeness (QED) is 0.169. The molecule has 0 aliphatic heterocycles. The Bertz CT molecular complexity index is 3660. The van der Waals surface area contributed by atoms with Gasteiger partial charge in [0.15, 0.2) is 17.5 Å². The van der Waals surface area contributed by atoms with Gasteiger partial charge in [-0.05, 0) is 108 Å². The second-order valence-electron chi connectivity index (χ2n) is 15.6. The van der Waals surface area contributed by atoms with Crippen LogP contribution in [-0.4, -0.2) is 15.0 Å². The summed E-state index contributed by atoms with van der Waals surface area (Å²) in [5.41, 5.74) is 11.3. The van der Waals surface area contributed by atoms with E-state index in [-0.39, 0.29) is 0 Å². The van der Waals surface area contributed by atoms with E-state index >= 15 is 0 Å². The Kier molecular flexibility index (Phi) is 8.13. The molecule has 2 aromatic heterocycles. The van der Waals surface area contributed by atoms with Gasteiger partial charge in [0, 0.05) is 21.9 Å². The Labute approximate surface area is 352 Å². The Morgan fingerprint density at radius 1 is 0.262 bits per heavy atom. The van der Waals surface area contributed by atoms with E-state index in [9.17, 15) is 0 Å². The van der Waals surface area contributed by atoms with Gasteiger partial charge >= 0.3 is 0 Å². The molecule has 4 nitrogen and oxygen atoms in total. The van der Waals surface area contributed by atoms with E-state index in [2.05, 4.69) is 188 Å². The number of hydrogen-bond donors (Lipinski definition) is 0. The summed E-state index contributed by atoms with van der Waals surface area (Å²) in [6.45, 7) is 0. The number of aromatic nitrogens is 3. The van der Waals surface area contributed by atoms with Gasteiger partial charge in [0.05, 0.1) is 5.56 Å². The highest BCUT2D eigenvalue weighted by Gasteiger charge is 2.19. The van der Waals surface area contributed by atoms with Crippen molar-refractivity contribution in [3.8, 4) is 67.5 Å². The number of benzene rings is 10. The van der Waals surface area contributed by atoms with Crippen LogP contribution in [0.4, 0.5) is 0 Å². The Hall–Kier alpha value is -8.21. The second kappa shape index (κ2) is 14.3. The van der Waals surface area contributed by atoms with E-state index in [1.54, 1.807) is 0 Å². The van der Waals surface area contributed by atoms with Gasteiger partial charge in [-0.15, -0.1) is 0 Å². The standard InChI is InChI=1S/C57H35N3O/c1-2-13-36(14-3-1)38-18-10-19-39(31-38)40-27-28-42-33-44(30-29-41(42)32-40)55-58-56(60-57(59-55)51-25-12-24-50-49-22-8-9-26-53(49)61-54(50)51)45-34-43-16-5-7-21-47(43)52(35-45)48-23-11-17-37-15-4-6-20-46(37)48/h1-35H. The van der Waals surface area contributed by atoms with E-state index in [1.165, 1.54) is 44.0 Å². The first-order chi connectivity index (χ1) is 30.2. The fourth-order valence-corrected chi connectivity index (χ4v) is 8.87. The highest BCUT2D eigenvalue weighted by molar-refractivity contribution is 6.10. The van der Waals surface area contributed by atoms with Crippen LogP contribution in [0.15, 0.2) is 217 Å². The molecule has 0 atom stereocenters. The van der Waals surface area contributed by atoms with Crippen LogP contribution < -0.4 is 0 Å². The minimum atomic E-state index is 0.554. The minimum absolute atomic E-state index is 0.554. The maximum Gasteiger partial charge on any atom is 0.167 e. The average Bonchev–Trinajstić information content (AvgIpc) is 3.72. The molecule has 61 heavy (non-hydrogen) atoms. The van der Waals surface area contributed by atoms with Crippen molar-refractivity contribution < 1.29 is 4.42 Å². The van der Waals surface area contributed by atoms with Crippen LogP contribution in [0.2, 0.25) is 0 Å². The van der Waals surface area contributed by atoms with Crippen molar-refractivity contribution in [1.82, 2.24) is 15.0 Å². The molecule has 10 aromatic carbocycles. The summed E-state index contributed by atoms with van der Waals surface area (Å²) in [6.07, 6.45) is 0. The van der Waals surface area contributed by atoms with Gasteiger partial charge in [-0.1, -0.05) is 170 Å². The van der Waals surface area contributed by atoms with E-state index in [0.29, 0.717) is 17.5 Å². The molecule has 0 amide bonds. The molecule has 2 heterocycles. The molecule has 0 spiro atoms. The molecule has 0 aliphatic carbocycles. The summed E-state index contributed by atoms with van der Waals surface area (Å²) in [7, 11) is 0. The zero-order valence-corrected chi connectivity index (χ0v) is 33.0. The molecular weight excluding hydrogens is 743 g/mol. The van der Waals surface area contributed by atoms with Gasteiger partial charge in [0.25, 0.3) is 0 Å². The van der Waals surface area contributed by atoms with E-state index in [1.807, 2.05) is 24.3 Å². The van der Waals surface area contributed by atoms with E-state index in [0.717, 1.165) is 60.4 Å². The Morgan fingerprint density at radius 2 is 0.787 bits per heavy atom. The third-order valence-electron chi connectivity index (χ3n) is 11.9. The molecule has 0 aliphatic rings. The third kappa shape index (κ3) is 6.12. The second-order valence-corrected chi connectivity index (χ2v) is 15.6. The van der Waals surface area contributed by atoms with Gasteiger partial charge in [0.1, 0.15) is 11.2 Å². The number of rotatable bonds is 6. The number of nitrogens with zero attached hydrogens (tertiary/aromatic N) is 3. The molecule has 0 N–H and O–H groups in total. The normalized spacial score (nSPS) is 11.6. The molecule has 0 unspecified atom stereocenters. The molecule has 12 rings (SSSR count). The summed E-state index contributed by atoms with van der Waals surface area (Å²) >= 11 is 0. The molecule has 4 heteroatoms. The van der Waals surface area contributed by atoms with Crippen LogP contribution in [0.25, 0.3) is 122 Å². The van der Waals surface area contributed by atoms with Crippen LogP contribution in [0.5, 0.6) is 0 Å². The largest absolute Gasteiger partial charge is 0.455 e. The fourth-order valence-electron chi connectivity index (χ4n) is 8.87. The third-order valence-corrected chi connectivity index (χ3v) is 11.9. The van der Waals surface area contributed by atoms with Gasteiger partial charge in [0.2, 0.25) is 0 Å². The Morgan fingerprint density at radius 3 is 1.62 bits per heavy atom. The van der Waals surface area contributed by atoms with Crippen LogP contribution >= 0.6 is 0 Å². The monoisotopic (exact) mass is 777 g/mol. The number of fused-ring (bicyclic) bond motifs is 6. The van der Waals surface area contributed by atoms with Crippen LogP contribution in [0.3, 0.4) is 0 Å². The lowest BCUT2D eigenvalue weighted by atomic mass is 9.92. The molecule has 0 saturated heterocycles. The first-order valence-corrected chi connectivity index (χ1v) is 20.6. The lowest BCUT2D eigenvalue weighted by Gasteiger charge is -2.14. The summed E-state index contributed by atoms with van der Waals surface area (Å²) in [6, 6.07) is 74.8. The van der Waals surface area contributed by atoms with Crippen molar-refractivity contribution in [3.63, 3.8) is 0 Å². The van der Waals surface area contributed by atoms with E-state index in [4.69, 9.17) is 19.4 Å². The van der Waals surface area contributed by atoms with Crippen molar-refractivity contribution in [3.05, 3.63) is 212 Å². The zero-order valence-electron chi connectivity index (χ0n) is 33.0. The first-order valence-electron chi connectivity index (χ1n) is 20.6. The zero-order chi connectivity index (χ0) is 40.3. The molecule has 0 radical (unpaired) electrons. The van der Waals surface area contributed by atoms with Gasteiger partial charge in [-0.25, -0.2) is 15.0 Å². The predicted molar refractivity (Wildman–Crippen MR) is 252 cm³/mol. The van der Waals surface area contributed by atoms with Crippen molar-refractivity contribution in [1.29, 1.82) is 0 Å². The predicted octanol–water partition coefficient (Wildman–Crippen LogP) is 15.2. The smallest absolute Gasteiger partial charge is 0.167 e. The summed E-state index contributed by atoms with van der Waals surface area (Å²) in [4.78, 5) is 15.8. The highest BCUT2D eigenvalue weighted by Crippen LogP contribution is 2.40. The fraction of sp³-hybridized carbons (Fsp3) is 0. The average molecular weight is 778 g/mol. The lowest BCUT2D eigenvalue weighted by Crippen LogP contribution is -2.01. The van der Waals surface area contributed by atoms with Crippen LogP contribution in [0, 0.1) is 0 Å². The topological polar surface area (TPSA) is 51.8 Å². The molecule has 0 bridgehead atoms. The van der Waals surface area contributed by atoms with Gasteiger partial charge in [-0.2, -0.15) is 0 Å². The maximum absolute atomic E-state index is 6.54. The van der Waals surface area contributed by atoms with E-state index < -0.39 is 0 Å². The number of hydrogen-bond acceptors (Lipinski definition) is 4. The van der Waals surface area contributed by atoms with Crippen molar-refractivity contribution in [2.45, 2.75) is 0 Å². The lowest BCUT2D eigenvalue weighted by molar-refractivity contribution is 0.669. The molecule has 284 valence electrons. The minimum Gasteiger partial charge on any atom is -0.455 e. The SMILES string of the molecule is c1ccc(-c2cccc(-c3ccc4cc(-c5nc(-c6cc(-c7cccc8ccccc78)c7ccccc7c6)nc(-c6cccc7c6oc6ccccc67)n5)ccc4c3)c2)cc1. The first kappa shape index (κ1) is 34.8. The summed E-state index contributed by atoms with van der Waals surface area (Å²) in [5.74, 6) is 1.74. The van der Waals surface area contributed by atoms with Crippen molar-refractivity contribution in [2.75, 3.05) is 0 Å². The molecule has 0 saturated carbocycles. The maximum atomic E-state index is 6.54. The van der Waals surface area contributed by atoms with Crippen molar-refractivity contribution in [2.24, 2.45) is 0 Å².